The summed E-state index contributed by atoms with van der Waals surface area (Å²) in [4.78, 5) is 11.7. The lowest BCUT2D eigenvalue weighted by Crippen LogP contribution is -2.03. The second kappa shape index (κ2) is 5.54. The SMILES string of the molecule is COc1c(C)c2c(c(O)c1C/C=C(\C)CO)C(=O)OC2. The number of aliphatic hydroxyl groups excluding tert-OH is 1. The van der Waals surface area contributed by atoms with Gasteiger partial charge in [0, 0.05) is 11.1 Å². The van der Waals surface area contributed by atoms with Gasteiger partial charge in [-0.15, -0.1) is 0 Å². The van der Waals surface area contributed by atoms with Gasteiger partial charge < -0.3 is 19.7 Å². The van der Waals surface area contributed by atoms with Gasteiger partial charge in [0.2, 0.25) is 0 Å². The van der Waals surface area contributed by atoms with Gasteiger partial charge in [0.25, 0.3) is 0 Å². The molecule has 108 valence electrons. The molecule has 1 aromatic carbocycles. The number of hydrogen-bond donors (Lipinski definition) is 2. The van der Waals surface area contributed by atoms with Gasteiger partial charge >= 0.3 is 5.97 Å². The van der Waals surface area contributed by atoms with Crippen LogP contribution in [0.5, 0.6) is 11.5 Å². The first kappa shape index (κ1) is 14.4. The fourth-order valence-electron chi connectivity index (χ4n) is 2.37. The fraction of sp³-hybridized carbons (Fsp3) is 0.400. The highest BCUT2D eigenvalue weighted by Crippen LogP contribution is 2.41. The summed E-state index contributed by atoms with van der Waals surface area (Å²) in [6, 6.07) is 0. The molecule has 2 N–H and O–H groups in total. The minimum Gasteiger partial charge on any atom is -0.507 e. The summed E-state index contributed by atoms with van der Waals surface area (Å²) in [5.41, 5.74) is 3.03. The number of carbonyl (C=O) groups excluding carboxylic acids is 1. The zero-order valence-corrected chi connectivity index (χ0v) is 11.8. The molecular weight excluding hydrogens is 260 g/mol. The van der Waals surface area contributed by atoms with Gasteiger partial charge in [-0.3, -0.25) is 0 Å². The first-order valence-electron chi connectivity index (χ1n) is 6.36. The highest BCUT2D eigenvalue weighted by molar-refractivity contribution is 5.98. The van der Waals surface area contributed by atoms with Crippen molar-refractivity contribution in [1.29, 1.82) is 0 Å². The molecular formula is C15H18O5. The Labute approximate surface area is 117 Å². The molecule has 0 aliphatic carbocycles. The number of carbonyl (C=O) groups is 1. The second-order valence-electron chi connectivity index (χ2n) is 4.83. The van der Waals surface area contributed by atoms with E-state index in [1.165, 1.54) is 7.11 Å². The number of cyclic esters (lactones) is 1. The predicted molar refractivity (Wildman–Crippen MR) is 73.1 cm³/mol. The van der Waals surface area contributed by atoms with Crippen molar-refractivity contribution in [3.63, 3.8) is 0 Å². The Hall–Kier alpha value is -2.01. The van der Waals surface area contributed by atoms with Crippen LogP contribution in [0.3, 0.4) is 0 Å². The monoisotopic (exact) mass is 278 g/mol. The Morgan fingerprint density at radius 1 is 1.50 bits per heavy atom. The highest BCUT2D eigenvalue weighted by atomic mass is 16.5. The third kappa shape index (κ3) is 2.25. The molecule has 1 heterocycles. The molecule has 0 unspecified atom stereocenters. The number of phenols is 1. The highest BCUT2D eigenvalue weighted by Gasteiger charge is 2.31. The molecule has 1 aliphatic heterocycles. The molecule has 0 aromatic heterocycles. The van der Waals surface area contributed by atoms with Crippen molar-refractivity contribution in [2.45, 2.75) is 26.9 Å². The minimum absolute atomic E-state index is 0.0466. The fourth-order valence-corrected chi connectivity index (χ4v) is 2.37. The first-order valence-corrected chi connectivity index (χ1v) is 6.36. The van der Waals surface area contributed by atoms with Crippen LogP contribution in [0, 0.1) is 6.92 Å². The van der Waals surface area contributed by atoms with E-state index in [0.717, 1.165) is 11.1 Å². The molecule has 0 atom stereocenters. The molecule has 0 bridgehead atoms. The number of phenolic OH excluding ortho intramolecular Hbond substituents is 1. The van der Waals surface area contributed by atoms with E-state index in [1.807, 2.05) is 6.92 Å². The van der Waals surface area contributed by atoms with Gasteiger partial charge in [-0.25, -0.2) is 4.79 Å². The number of ether oxygens (including phenoxy) is 2. The van der Waals surface area contributed by atoms with Crippen molar-refractivity contribution >= 4 is 5.97 Å². The Balaban J connectivity index is 2.58. The zero-order chi connectivity index (χ0) is 14.9. The standard InChI is InChI=1S/C15H18O5/c1-8(6-16)4-5-10-13(17)12-11(7-20-15(12)18)9(2)14(10)19-3/h4,16-17H,5-7H2,1-3H3/b8-4+. The third-order valence-electron chi connectivity index (χ3n) is 3.55. The van der Waals surface area contributed by atoms with E-state index in [1.54, 1.807) is 13.0 Å². The number of hydrogen-bond acceptors (Lipinski definition) is 5. The van der Waals surface area contributed by atoms with Crippen LogP contribution in [0.4, 0.5) is 0 Å². The molecule has 1 aromatic rings. The molecule has 0 amide bonds. The summed E-state index contributed by atoms with van der Waals surface area (Å²) in [5.74, 6) is -0.0409. The van der Waals surface area contributed by atoms with Gasteiger partial charge in [-0.2, -0.15) is 0 Å². The lowest BCUT2D eigenvalue weighted by Gasteiger charge is -2.15. The quantitative estimate of drug-likeness (QED) is 0.649. The van der Waals surface area contributed by atoms with Crippen LogP contribution in [-0.2, 0) is 17.8 Å². The van der Waals surface area contributed by atoms with Gasteiger partial charge in [0.05, 0.1) is 13.7 Å². The number of fused-ring (bicyclic) bond motifs is 1. The van der Waals surface area contributed by atoms with Crippen molar-refractivity contribution < 1.29 is 24.5 Å². The van der Waals surface area contributed by atoms with Gasteiger partial charge in [-0.1, -0.05) is 11.6 Å². The number of benzene rings is 1. The van der Waals surface area contributed by atoms with E-state index in [-0.39, 0.29) is 24.5 Å². The van der Waals surface area contributed by atoms with Crippen LogP contribution < -0.4 is 4.74 Å². The van der Waals surface area contributed by atoms with E-state index in [4.69, 9.17) is 14.6 Å². The molecule has 0 saturated carbocycles. The third-order valence-corrected chi connectivity index (χ3v) is 3.55. The maximum Gasteiger partial charge on any atom is 0.342 e. The molecule has 0 spiro atoms. The van der Waals surface area contributed by atoms with Crippen LogP contribution in [0.2, 0.25) is 0 Å². The van der Waals surface area contributed by atoms with E-state index in [2.05, 4.69) is 0 Å². The van der Waals surface area contributed by atoms with Crippen LogP contribution in [0.1, 0.15) is 34.0 Å². The molecule has 1 aliphatic rings. The summed E-state index contributed by atoms with van der Waals surface area (Å²) in [5, 5.41) is 19.4. The number of rotatable bonds is 4. The lowest BCUT2D eigenvalue weighted by molar-refractivity contribution is 0.0533. The van der Waals surface area contributed by atoms with Crippen LogP contribution in [-0.4, -0.2) is 29.9 Å². The molecule has 5 heteroatoms. The Morgan fingerprint density at radius 3 is 2.80 bits per heavy atom. The number of aliphatic hydroxyl groups is 1. The maximum absolute atomic E-state index is 11.7. The molecule has 0 saturated heterocycles. The maximum atomic E-state index is 11.7. The molecule has 0 fully saturated rings. The normalized spacial score (nSPS) is 14.2. The summed E-state index contributed by atoms with van der Waals surface area (Å²) in [6.07, 6.45) is 2.17. The second-order valence-corrected chi connectivity index (χ2v) is 4.83. The smallest absolute Gasteiger partial charge is 0.342 e. The van der Waals surface area contributed by atoms with Gasteiger partial charge in [0.1, 0.15) is 23.7 Å². The van der Waals surface area contributed by atoms with Crippen molar-refractivity contribution in [2.24, 2.45) is 0 Å². The van der Waals surface area contributed by atoms with E-state index >= 15 is 0 Å². The number of methoxy groups -OCH3 is 1. The van der Waals surface area contributed by atoms with Crippen LogP contribution in [0.15, 0.2) is 11.6 Å². The van der Waals surface area contributed by atoms with Crippen LogP contribution >= 0.6 is 0 Å². The van der Waals surface area contributed by atoms with Gasteiger partial charge in [-0.05, 0) is 25.8 Å². The Morgan fingerprint density at radius 2 is 2.20 bits per heavy atom. The van der Waals surface area contributed by atoms with Gasteiger partial charge in [0.15, 0.2) is 0 Å². The number of allylic oxidation sites excluding steroid dienone is 1. The molecule has 5 nitrogen and oxygen atoms in total. The average molecular weight is 278 g/mol. The predicted octanol–water partition coefficient (Wildman–Crippen LogP) is 1.86. The zero-order valence-electron chi connectivity index (χ0n) is 11.8. The summed E-state index contributed by atoms with van der Waals surface area (Å²) in [7, 11) is 1.53. The first-order chi connectivity index (χ1) is 9.51. The van der Waals surface area contributed by atoms with E-state index in [9.17, 15) is 9.90 Å². The number of aromatic hydroxyl groups is 1. The Bertz CT molecular complexity index is 587. The largest absolute Gasteiger partial charge is 0.507 e. The Kier molecular flexibility index (Phi) is 3.99. The molecule has 2 rings (SSSR count). The topological polar surface area (TPSA) is 76.0 Å². The summed E-state index contributed by atoms with van der Waals surface area (Å²) in [6.45, 7) is 3.74. The minimum atomic E-state index is -0.507. The molecule has 0 radical (unpaired) electrons. The summed E-state index contributed by atoms with van der Waals surface area (Å²) >= 11 is 0. The van der Waals surface area contributed by atoms with Crippen molar-refractivity contribution in [2.75, 3.05) is 13.7 Å². The van der Waals surface area contributed by atoms with E-state index in [0.29, 0.717) is 23.3 Å². The van der Waals surface area contributed by atoms with Crippen molar-refractivity contribution in [1.82, 2.24) is 0 Å². The van der Waals surface area contributed by atoms with Crippen molar-refractivity contribution in [3.8, 4) is 11.5 Å². The number of esters is 1. The van der Waals surface area contributed by atoms with Crippen molar-refractivity contribution in [3.05, 3.63) is 33.9 Å². The van der Waals surface area contributed by atoms with Crippen LogP contribution in [0.25, 0.3) is 0 Å². The molecule has 20 heavy (non-hydrogen) atoms. The summed E-state index contributed by atoms with van der Waals surface area (Å²) < 4.78 is 10.3. The lowest BCUT2D eigenvalue weighted by atomic mass is 9.95. The average Bonchev–Trinajstić information content (AvgIpc) is 2.83. The van der Waals surface area contributed by atoms with E-state index < -0.39 is 5.97 Å².